The fourth-order valence-electron chi connectivity index (χ4n) is 2.52. The minimum Gasteiger partial charge on any atom is -0.497 e. The van der Waals surface area contributed by atoms with Crippen molar-refractivity contribution in [1.29, 1.82) is 0 Å². The fourth-order valence-corrected chi connectivity index (χ4v) is 2.52. The Morgan fingerprint density at radius 3 is 1.82 bits per heavy atom. The van der Waals surface area contributed by atoms with Crippen molar-refractivity contribution in [3.8, 4) is 23.0 Å². The lowest BCUT2D eigenvalue weighted by Crippen LogP contribution is -2.15. The number of hydrogen-bond donors (Lipinski definition) is 0. The number of ether oxygens (including phenoxy) is 5. The van der Waals surface area contributed by atoms with E-state index in [1.807, 2.05) is 0 Å². The number of carbonyl (C=O) groups is 4. The van der Waals surface area contributed by atoms with Crippen molar-refractivity contribution in [2.24, 2.45) is 0 Å². The molecule has 33 heavy (non-hydrogen) atoms. The van der Waals surface area contributed by atoms with Crippen LogP contribution in [0.5, 0.6) is 23.0 Å². The Balaban J connectivity index is 2.42. The molecule has 0 aliphatic rings. The first-order valence-corrected chi connectivity index (χ1v) is 10.4. The lowest BCUT2D eigenvalue weighted by atomic mass is 10.1. The molecule has 0 aromatic heterocycles. The molecular weight excluding hydrogens is 432 g/mol. The quantitative estimate of drug-likeness (QED) is 0.385. The van der Waals surface area contributed by atoms with Crippen LogP contribution < -0.4 is 18.9 Å². The summed E-state index contributed by atoms with van der Waals surface area (Å²) in [5.74, 6) is -2.84. The summed E-state index contributed by atoms with van der Waals surface area (Å²) in [5.41, 5.74) is 0.624. The van der Waals surface area contributed by atoms with Gasteiger partial charge in [-0.1, -0.05) is 32.9 Å². The molecule has 2 aromatic carbocycles. The fraction of sp³-hybridized carbons (Fsp3) is 0.333. The zero-order chi connectivity index (χ0) is 24.4. The number of hydrogen-bond acceptors (Lipinski definition) is 9. The first kappa shape index (κ1) is 25.4. The maximum absolute atomic E-state index is 12.7. The van der Waals surface area contributed by atoms with Crippen LogP contribution in [0.4, 0.5) is 0 Å². The highest BCUT2D eigenvalue weighted by Crippen LogP contribution is 2.40. The second kappa shape index (κ2) is 12.2. The van der Waals surface area contributed by atoms with Crippen LogP contribution in [0.15, 0.2) is 36.4 Å². The molecule has 0 radical (unpaired) electrons. The Kier molecular flexibility index (Phi) is 9.41. The molecule has 0 saturated heterocycles. The number of carbonyl (C=O) groups excluding carboxylic acids is 4. The van der Waals surface area contributed by atoms with E-state index in [1.165, 1.54) is 19.2 Å². The first-order valence-electron chi connectivity index (χ1n) is 10.4. The van der Waals surface area contributed by atoms with Crippen molar-refractivity contribution >= 4 is 23.9 Å². The van der Waals surface area contributed by atoms with Crippen molar-refractivity contribution in [1.82, 2.24) is 0 Å². The maximum atomic E-state index is 12.7. The summed E-state index contributed by atoms with van der Waals surface area (Å²) >= 11 is 0. The van der Waals surface area contributed by atoms with E-state index < -0.39 is 23.9 Å². The zero-order valence-electron chi connectivity index (χ0n) is 19.0. The van der Waals surface area contributed by atoms with Gasteiger partial charge in [0, 0.05) is 19.3 Å². The standard InChI is InChI=1S/C24H26O9/c1-5-20(25)31-18-12-16(24(28)30-14-15-9-8-10-17(11-15)29-4)13-19(32-21(26)6-2)23(18)33-22(27)7-3/h8-13H,5-7,14H2,1-4H3. The smallest absolute Gasteiger partial charge is 0.338 e. The normalized spacial score (nSPS) is 10.2. The molecule has 176 valence electrons. The second-order valence-electron chi connectivity index (χ2n) is 6.71. The van der Waals surface area contributed by atoms with Crippen molar-refractivity contribution in [2.75, 3.05) is 7.11 Å². The summed E-state index contributed by atoms with van der Waals surface area (Å²) in [6, 6.07) is 9.37. The zero-order valence-corrected chi connectivity index (χ0v) is 19.0. The summed E-state index contributed by atoms with van der Waals surface area (Å²) in [6.07, 6.45) is 0.0676. The van der Waals surface area contributed by atoms with Gasteiger partial charge < -0.3 is 23.7 Å². The van der Waals surface area contributed by atoms with E-state index in [4.69, 9.17) is 23.7 Å². The predicted molar refractivity (Wildman–Crippen MR) is 116 cm³/mol. The van der Waals surface area contributed by atoms with Gasteiger partial charge in [-0.3, -0.25) is 14.4 Å². The van der Waals surface area contributed by atoms with E-state index in [1.54, 1.807) is 45.0 Å². The van der Waals surface area contributed by atoms with Gasteiger partial charge in [0.2, 0.25) is 5.75 Å². The number of benzene rings is 2. The van der Waals surface area contributed by atoms with Crippen LogP contribution in [-0.4, -0.2) is 31.0 Å². The summed E-state index contributed by atoms with van der Waals surface area (Å²) in [4.78, 5) is 48.5. The van der Waals surface area contributed by atoms with Crippen molar-refractivity contribution in [3.63, 3.8) is 0 Å². The molecule has 0 heterocycles. The summed E-state index contributed by atoms with van der Waals surface area (Å²) in [7, 11) is 1.52. The molecule has 0 atom stereocenters. The van der Waals surface area contributed by atoms with Crippen LogP contribution in [0.1, 0.15) is 56.0 Å². The SMILES string of the molecule is CCC(=O)Oc1cc(C(=O)OCc2cccc(OC)c2)cc(OC(=O)CC)c1OC(=O)CC. The van der Waals surface area contributed by atoms with Gasteiger partial charge in [0.15, 0.2) is 11.5 Å². The lowest BCUT2D eigenvalue weighted by Gasteiger charge is -2.16. The highest BCUT2D eigenvalue weighted by Gasteiger charge is 2.24. The number of esters is 4. The number of rotatable bonds is 10. The van der Waals surface area contributed by atoms with Crippen LogP contribution in [0, 0.1) is 0 Å². The van der Waals surface area contributed by atoms with E-state index >= 15 is 0 Å². The lowest BCUT2D eigenvalue weighted by molar-refractivity contribution is -0.137. The molecule has 9 heteroatoms. The van der Waals surface area contributed by atoms with Gasteiger partial charge >= 0.3 is 23.9 Å². The summed E-state index contributed by atoms with van der Waals surface area (Å²) in [6.45, 7) is 4.66. The molecule has 9 nitrogen and oxygen atoms in total. The Morgan fingerprint density at radius 2 is 1.30 bits per heavy atom. The monoisotopic (exact) mass is 458 g/mol. The molecule has 0 amide bonds. The molecule has 0 aliphatic carbocycles. The summed E-state index contributed by atoms with van der Waals surface area (Å²) < 4.78 is 26.2. The third kappa shape index (κ3) is 7.34. The molecule has 0 saturated carbocycles. The third-order valence-corrected chi connectivity index (χ3v) is 4.29. The van der Waals surface area contributed by atoms with Gasteiger partial charge in [-0.2, -0.15) is 0 Å². The van der Waals surface area contributed by atoms with Crippen LogP contribution in [0.25, 0.3) is 0 Å². The van der Waals surface area contributed by atoms with Gasteiger partial charge in [0.05, 0.1) is 12.7 Å². The third-order valence-electron chi connectivity index (χ3n) is 4.29. The Bertz CT molecular complexity index is 987. The van der Waals surface area contributed by atoms with Crippen LogP contribution >= 0.6 is 0 Å². The summed E-state index contributed by atoms with van der Waals surface area (Å²) in [5, 5.41) is 0. The molecule has 0 spiro atoms. The Labute approximate surface area is 191 Å². The first-order chi connectivity index (χ1) is 15.8. The maximum Gasteiger partial charge on any atom is 0.338 e. The van der Waals surface area contributed by atoms with Crippen molar-refractivity contribution in [2.45, 2.75) is 46.6 Å². The van der Waals surface area contributed by atoms with E-state index in [0.29, 0.717) is 11.3 Å². The second-order valence-corrected chi connectivity index (χ2v) is 6.71. The Hall–Kier alpha value is -3.88. The molecule has 0 fully saturated rings. The predicted octanol–water partition coefficient (Wildman–Crippen LogP) is 4.00. The topological polar surface area (TPSA) is 114 Å². The Morgan fingerprint density at radius 1 is 0.758 bits per heavy atom. The molecule has 0 N–H and O–H groups in total. The molecular formula is C24H26O9. The van der Waals surface area contributed by atoms with E-state index in [9.17, 15) is 19.2 Å². The minimum atomic E-state index is -0.770. The van der Waals surface area contributed by atoms with Crippen molar-refractivity contribution in [3.05, 3.63) is 47.5 Å². The average Bonchev–Trinajstić information content (AvgIpc) is 2.83. The molecule has 0 aliphatic heterocycles. The average molecular weight is 458 g/mol. The molecule has 2 rings (SSSR count). The van der Waals surface area contributed by atoms with Gasteiger partial charge in [0.25, 0.3) is 0 Å². The molecule has 0 bridgehead atoms. The largest absolute Gasteiger partial charge is 0.497 e. The van der Waals surface area contributed by atoms with E-state index in [2.05, 4.69) is 0 Å². The van der Waals surface area contributed by atoms with E-state index in [-0.39, 0.29) is 48.7 Å². The van der Waals surface area contributed by atoms with Crippen LogP contribution in [-0.2, 0) is 25.7 Å². The molecule has 2 aromatic rings. The van der Waals surface area contributed by atoms with Crippen LogP contribution in [0.3, 0.4) is 0 Å². The van der Waals surface area contributed by atoms with Crippen LogP contribution in [0.2, 0.25) is 0 Å². The molecule has 0 unspecified atom stereocenters. The van der Waals surface area contributed by atoms with E-state index in [0.717, 1.165) is 0 Å². The van der Waals surface area contributed by atoms with Gasteiger partial charge in [0.1, 0.15) is 12.4 Å². The van der Waals surface area contributed by atoms with Gasteiger partial charge in [-0.15, -0.1) is 0 Å². The highest BCUT2D eigenvalue weighted by molar-refractivity contribution is 5.92. The highest BCUT2D eigenvalue weighted by atomic mass is 16.6. The van der Waals surface area contributed by atoms with Gasteiger partial charge in [-0.05, 0) is 29.8 Å². The number of methoxy groups -OCH3 is 1. The van der Waals surface area contributed by atoms with Crippen molar-refractivity contribution < 1.29 is 42.9 Å². The minimum absolute atomic E-state index is 0.0205. The van der Waals surface area contributed by atoms with Gasteiger partial charge in [-0.25, -0.2) is 4.79 Å².